The molecule has 0 fully saturated rings. The van der Waals surface area contributed by atoms with Crippen LogP contribution in [0.5, 0.6) is 0 Å². The van der Waals surface area contributed by atoms with Gasteiger partial charge in [-0.3, -0.25) is 4.79 Å². The number of hydrogen-bond donors (Lipinski definition) is 1. The Morgan fingerprint density at radius 3 is 2.03 bits per heavy atom. The first-order valence-corrected chi connectivity index (χ1v) is 12.3. The van der Waals surface area contributed by atoms with E-state index in [2.05, 4.69) is 12.2 Å². The molecule has 7 heteroatoms. The number of rotatable bonds is 19. The Morgan fingerprint density at radius 1 is 0.897 bits per heavy atom. The first kappa shape index (κ1) is 28.1. The summed E-state index contributed by atoms with van der Waals surface area (Å²) in [5, 5.41) is 2.40. The summed E-state index contributed by atoms with van der Waals surface area (Å²) in [4.78, 5) is 23.2. The van der Waals surface area contributed by atoms with Crippen LogP contribution in [0, 0.1) is 5.92 Å². The van der Waals surface area contributed by atoms with Gasteiger partial charge in [0.25, 0.3) is 0 Å². The third kappa shape index (κ3) is 17.6. The molecule has 0 radical (unpaired) electrons. The van der Waals surface area contributed by atoms with Gasteiger partial charge in [-0.2, -0.15) is 11.8 Å². The van der Waals surface area contributed by atoms with Crippen LogP contribution in [-0.4, -0.2) is 57.0 Å². The summed E-state index contributed by atoms with van der Waals surface area (Å²) in [6.07, 6.45) is 12.0. The van der Waals surface area contributed by atoms with Crippen molar-refractivity contribution in [2.45, 2.75) is 84.2 Å². The number of esters is 1. The van der Waals surface area contributed by atoms with E-state index >= 15 is 0 Å². The molecular formula is C22H43NO5S. The maximum atomic E-state index is 12.1. The Balaban J connectivity index is 3.60. The summed E-state index contributed by atoms with van der Waals surface area (Å²) in [6.45, 7) is 4.85. The molecule has 29 heavy (non-hydrogen) atoms. The van der Waals surface area contributed by atoms with Crippen molar-refractivity contribution in [2.24, 2.45) is 5.92 Å². The van der Waals surface area contributed by atoms with Gasteiger partial charge in [-0.1, -0.05) is 71.6 Å². The topological polar surface area (TPSA) is 73.9 Å². The highest BCUT2D eigenvalue weighted by molar-refractivity contribution is 7.99. The predicted molar refractivity (Wildman–Crippen MR) is 120 cm³/mol. The molecule has 0 aliphatic rings. The fourth-order valence-corrected chi connectivity index (χ4v) is 3.89. The molecular weight excluding hydrogens is 390 g/mol. The number of unbranched alkanes of at least 4 members (excludes halogenated alkanes) is 9. The molecule has 2 unspecified atom stereocenters. The fourth-order valence-electron chi connectivity index (χ4n) is 2.77. The largest absolute Gasteiger partial charge is 0.465 e. The molecule has 0 aromatic rings. The quantitative estimate of drug-likeness (QED) is 0.223. The lowest BCUT2D eigenvalue weighted by Crippen LogP contribution is -2.28. The number of thioether (sulfide) groups is 1. The van der Waals surface area contributed by atoms with E-state index in [0.717, 1.165) is 12.8 Å². The molecule has 172 valence electrons. The van der Waals surface area contributed by atoms with Crippen LogP contribution in [0.3, 0.4) is 0 Å². The van der Waals surface area contributed by atoms with Crippen molar-refractivity contribution in [1.29, 1.82) is 0 Å². The Labute approximate surface area is 182 Å². The van der Waals surface area contributed by atoms with E-state index in [1.54, 1.807) is 18.9 Å². The van der Waals surface area contributed by atoms with Crippen molar-refractivity contribution >= 4 is 23.8 Å². The smallest absolute Gasteiger partial charge is 0.406 e. The molecule has 0 aliphatic carbocycles. The van der Waals surface area contributed by atoms with Gasteiger partial charge in [0.1, 0.15) is 12.7 Å². The zero-order valence-electron chi connectivity index (χ0n) is 19.0. The van der Waals surface area contributed by atoms with Crippen molar-refractivity contribution in [2.75, 3.05) is 38.9 Å². The molecule has 0 saturated heterocycles. The Bertz CT molecular complexity index is 409. The van der Waals surface area contributed by atoms with E-state index in [-0.39, 0.29) is 24.6 Å². The van der Waals surface area contributed by atoms with Crippen molar-refractivity contribution in [1.82, 2.24) is 5.32 Å². The number of methoxy groups -OCH3 is 1. The van der Waals surface area contributed by atoms with E-state index in [0.29, 0.717) is 18.1 Å². The summed E-state index contributed by atoms with van der Waals surface area (Å²) in [7, 11) is 3.10. The second-order valence-corrected chi connectivity index (χ2v) is 8.57. The van der Waals surface area contributed by atoms with Gasteiger partial charge >= 0.3 is 12.1 Å². The van der Waals surface area contributed by atoms with Gasteiger partial charge in [0.05, 0.1) is 12.5 Å². The summed E-state index contributed by atoms with van der Waals surface area (Å²) in [5.41, 5.74) is 0. The highest BCUT2D eigenvalue weighted by Gasteiger charge is 2.16. The molecule has 0 aromatic carbocycles. The lowest BCUT2D eigenvalue weighted by Gasteiger charge is -2.16. The Kier molecular flexibility index (Phi) is 19.7. The van der Waals surface area contributed by atoms with Gasteiger partial charge in [0.15, 0.2) is 0 Å². The number of amides is 1. The van der Waals surface area contributed by atoms with E-state index in [1.165, 1.54) is 58.4 Å². The highest BCUT2D eigenvalue weighted by Crippen LogP contribution is 2.14. The monoisotopic (exact) mass is 433 g/mol. The van der Waals surface area contributed by atoms with Gasteiger partial charge in [-0.05, 0) is 6.42 Å². The number of hydrogen-bond acceptors (Lipinski definition) is 6. The maximum Gasteiger partial charge on any atom is 0.406 e. The van der Waals surface area contributed by atoms with E-state index in [9.17, 15) is 9.59 Å². The summed E-state index contributed by atoms with van der Waals surface area (Å²) in [5.74, 6) is 1.03. The second kappa shape index (κ2) is 20.3. The molecule has 0 heterocycles. The van der Waals surface area contributed by atoms with E-state index in [4.69, 9.17) is 14.2 Å². The standard InChI is InChI=1S/C22H43NO5S/c1-5-6-7-8-9-10-11-12-13-14-15-27-21(24)19(2)17-29-18-20(26-4)16-28-22(25)23-3/h19-20H,5-18H2,1-4H3,(H,23,25). The highest BCUT2D eigenvalue weighted by atomic mass is 32.2. The van der Waals surface area contributed by atoms with Crippen LogP contribution in [0.1, 0.15) is 78.1 Å². The maximum absolute atomic E-state index is 12.1. The average molecular weight is 434 g/mol. The minimum atomic E-state index is -0.471. The van der Waals surface area contributed by atoms with Crippen LogP contribution in [-0.2, 0) is 19.0 Å². The van der Waals surface area contributed by atoms with Gasteiger partial charge in [-0.25, -0.2) is 4.79 Å². The van der Waals surface area contributed by atoms with Crippen LogP contribution in [0.15, 0.2) is 0 Å². The minimum absolute atomic E-state index is 0.135. The van der Waals surface area contributed by atoms with Crippen LogP contribution in [0.25, 0.3) is 0 Å². The third-order valence-corrected chi connectivity index (χ3v) is 6.10. The lowest BCUT2D eigenvalue weighted by atomic mass is 10.1. The number of carbonyl (C=O) groups is 2. The number of nitrogens with one attached hydrogen (secondary N) is 1. The molecule has 2 atom stereocenters. The third-order valence-electron chi connectivity index (χ3n) is 4.75. The first-order valence-electron chi connectivity index (χ1n) is 11.2. The molecule has 6 nitrogen and oxygen atoms in total. The number of alkyl carbamates (subject to hydrolysis) is 1. The number of carbonyl (C=O) groups excluding carboxylic acids is 2. The van der Waals surface area contributed by atoms with Gasteiger partial charge in [-0.15, -0.1) is 0 Å². The van der Waals surface area contributed by atoms with Crippen LogP contribution < -0.4 is 5.32 Å². The van der Waals surface area contributed by atoms with Crippen molar-refractivity contribution in [3.8, 4) is 0 Å². The Hall–Kier alpha value is -0.950. The van der Waals surface area contributed by atoms with Crippen molar-refractivity contribution < 1.29 is 23.8 Å². The predicted octanol–water partition coefficient (Wildman–Crippen LogP) is 5.19. The van der Waals surface area contributed by atoms with Crippen molar-refractivity contribution in [3.05, 3.63) is 0 Å². The molecule has 0 aromatic heterocycles. The van der Waals surface area contributed by atoms with E-state index in [1.807, 2.05) is 6.92 Å². The molecule has 1 amide bonds. The summed E-state index contributed by atoms with van der Waals surface area (Å²) >= 11 is 1.60. The molecule has 1 N–H and O–H groups in total. The second-order valence-electron chi connectivity index (χ2n) is 7.49. The molecule has 0 aliphatic heterocycles. The minimum Gasteiger partial charge on any atom is -0.465 e. The normalized spacial score (nSPS) is 13.0. The molecule has 0 saturated carbocycles. The first-order chi connectivity index (χ1) is 14.0. The zero-order chi connectivity index (χ0) is 21.7. The summed E-state index contributed by atoms with van der Waals surface area (Å²) in [6, 6.07) is 0. The fraction of sp³-hybridized carbons (Fsp3) is 0.909. The molecule has 0 rings (SSSR count). The zero-order valence-corrected chi connectivity index (χ0v) is 19.8. The van der Waals surface area contributed by atoms with E-state index < -0.39 is 6.09 Å². The van der Waals surface area contributed by atoms with Gasteiger partial charge in [0.2, 0.25) is 0 Å². The molecule has 0 bridgehead atoms. The Morgan fingerprint density at radius 2 is 1.48 bits per heavy atom. The molecule has 0 spiro atoms. The summed E-state index contributed by atoms with van der Waals surface area (Å²) < 4.78 is 15.7. The SMILES string of the molecule is CCCCCCCCCCCCOC(=O)C(C)CSCC(COC(=O)NC)OC. The van der Waals surface area contributed by atoms with Gasteiger partial charge < -0.3 is 19.5 Å². The average Bonchev–Trinajstić information content (AvgIpc) is 2.73. The van der Waals surface area contributed by atoms with Crippen LogP contribution in [0.2, 0.25) is 0 Å². The van der Waals surface area contributed by atoms with Crippen LogP contribution in [0.4, 0.5) is 4.79 Å². The van der Waals surface area contributed by atoms with Gasteiger partial charge in [0, 0.05) is 25.7 Å². The van der Waals surface area contributed by atoms with Crippen LogP contribution >= 0.6 is 11.8 Å². The lowest BCUT2D eigenvalue weighted by molar-refractivity contribution is -0.147. The number of ether oxygens (including phenoxy) is 3. The van der Waals surface area contributed by atoms with Crippen molar-refractivity contribution in [3.63, 3.8) is 0 Å².